The van der Waals surface area contributed by atoms with Crippen LogP contribution < -0.4 is 0 Å². The molecule has 136 valence electrons. The summed E-state index contributed by atoms with van der Waals surface area (Å²) >= 11 is 0. The van der Waals surface area contributed by atoms with Gasteiger partial charge in [0, 0.05) is 27.4 Å². The summed E-state index contributed by atoms with van der Waals surface area (Å²) in [5, 5.41) is 0. The zero-order chi connectivity index (χ0) is 18.5. The number of hydrogen-bond acceptors (Lipinski definition) is 5. The fraction of sp³-hybridized carbons (Fsp3) is 0.333. The van der Waals surface area contributed by atoms with Crippen molar-refractivity contribution in [2.45, 2.75) is 23.6 Å². The van der Waals surface area contributed by atoms with E-state index in [0.717, 1.165) is 16.7 Å². The van der Waals surface area contributed by atoms with E-state index in [4.69, 9.17) is 13.3 Å². The van der Waals surface area contributed by atoms with Gasteiger partial charge in [-0.05, 0) is 30.2 Å². The van der Waals surface area contributed by atoms with Crippen LogP contribution in [0.5, 0.6) is 0 Å². The van der Waals surface area contributed by atoms with Gasteiger partial charge in [0.05, 0.1) is 10.6 Å². The smallest absolute Gasteiger partial charge is 0.377 e. The third-order valence-corrected chi connectivity index (χ3v) is 8.52. The highest BCUT2D eigenvalue weighted by Gasteiger charge is 2.37. The molecule has 0 aliphatic carbocycles. The number of sulfone groups is 1. The molecule has 0 aliphatic heterocycles. The van der Waals surface area contributed by atoms with E-state index in [1.165, 1.54) is 0 Å². The molecule has 0 amide bonds. The van der Waals surface area contributed by atoms with E-state index in [-0.39, 0.29) is 5.75 Å². The minimum absolute atomic E-state index is 0.0300. The van der Waals surface area contributed by atoms with Crippen LogP contribution in [-0.2, 0) is 34.9 Å². The lowest BCUT2D eigenvalue weighted by molar-refractivity contribution is 0.122. The Morgan fingerprint density at radius 3 is 1.76 bits per heavy atom. The molecule has 0 N–H and O–H groups in total. The molecule has 0 atom stereocenters. The Labute approximate surface area is 150 Å². The second-order valence-electron chi connectivity index (χ2n) is 5.86. The Morgan fingerprint density at radius 2 is 1.28 bits per heavy atom. The molecule has 0 aromatic heterocycles. The number of benzene rings is 2. The molecular formula is C18H24O5SSi. The zero-order valence-electron chi connectivity index (χ0n) is 15.0. The van der Waals surface area contributed by atoms with Gasteiger partial charge >= 0.3 is 8.80 Å². The van der Waals surface area contributed by atoms with Gasteiger partial charge in [-0.3, -0.25) is 0 Å². The fourth-order valence-corrected chi connectivity index (χ4v) is 5.54. The lowest BCUT2D eigenvalue weighted by atomic mass is 10.2. The summed E-state index contributed by atoms with van der Waals surface area (Å²) in [6, 6.07) is 14.9. The lowest BCUT2D eigenvalue weighted by Crippen LogP contribution is -2.45. The summed E-state index contributed by atoms with van der Waals surface area (Å²) in [5.41, 5.74) is 2.75. The Hall–Kier alpha value is -1.51. The van der Waals surface area contributed by atoms with Gasteiger partial charge in [-0.15, -0.1) is 0 Å². The Balaban J connectivity index is 2.13. The van der Waals surface area contributed by atoms with Crippen LogP contribution in [0.3, 0.4) is 0 Å². The van der Waals surface area contributed by atoms with Crippen molar-refractivity contribution in [2.24, 2.45) is 0 Å². The molecule has 0 aliphatic rings. The molecule has 0 fully saturated rings. The molecule has 2 aromatic rings. The molecule has 7 heteroatoms. The quantitative estimate of drug-likeness (QED) is 0.659. The summed E-state index contributed by atoms with van der Waals surface area (Å²) in [6.45, 7) is 1.93. The fourth-order valence-electron chi connectivity index (χ4n) is 2.52. The predicted octanol–water partition coefficient (Wildman–Crippen LogP) is 2.93. The second kappa shape index (κ2) is 8.24. The highest BCUT2D eigenvalue weighted by Crippen LogP contribution is 2.19. The maximum absolute atomic E-state index is 12.5. The van der Waals surface area contributed by atoms with Crippen LogP contribution in [0, 0.1) is 6.92 Å². The summed E-state index contributed by atoms with van der Waals surface area (Å²) in [6.07, 6.45) is 0. The van der Waals surface area contributed by atoms with Gasteiger partial charge in [-0.1, -0.05) is 42.0 Å². The van der Waals surface area contributed by atoms with Crippen molar-refractivity contribution in [3.05, 3.63) is 65.2 Å². The molecule has 25 heavy (non-hydrogen) atoms. The minimum Gasteiger partial charge on any atom is -0.377 e. The summed E-state index contributed by atoms with van der Waals surface area (Å²) in [4.78, 5) is 0.340. The van der Waals surface area contributed by atoms with Gasteiger partial charge < -0.3 is 13.3 Å². The number of rotatable bonds is 8. The SMILES string of the molecule is CO[Si](Cc1ccc(CS(=O)(=O)c2ccc(C)cc2)cc1)(OC)OC. The summed E-state index contributed by atoms with van der Waals surface area (Å²) < 4.78 is 41.3. The first kappa shape index (κ1) is 19.8. The van der Waals surface area contributed by atoms with Crippen molar-refractivity contribution in [1.82, 2.24) is 0 Å². The molecule has 0 heterocycles. The summed E-state index contributed by atoms with van der Waals surface area (Å²) in [5.74, 6) is -0.0300. The van der Waals surface area contributed by atoms with E-state index < -0.39 is 18.6 Å². The van der Waals surface area contributed by atoms with Crippen LogP contribution in [0.15, 0.2) is 53.4 Å². The second-order valence-corrected chi connectivity index (χ2v) is 10.8. The van der Waals surface area contributed by atoms with Crippen molar-refractivity contribution in [2.75, 3.05) is 21.3 Å². The van der Waals surface area contributed by atoms with Crippen molar-refractivity contribution in [3.63, 3.8) is 0 Å². The van der Waals surface area contributed by atoms with Gasteiger partial charge in [0.1, 0.15) is 0 Å². The van der Waals surface area contributed by atoms with Crippen molar-refractivity contribution in [1.29, 1.82) is 0 Å². The van der Waals surface area contributed by atoms with Gasteiger partial charge in [0.2, 0.25) is 0 Å². The van der Waals surface area contributed by atoms with Crippen LogP contribution in [0.2, 0.25) is 0 Å². The molecule has 0 saturated carbocycles. The minimum atomic E-state index is -3.36. The van der Waals surface area contributed by atoms with E-state index in [9.17, 15) is 8.42 Å². The molecule has 2 aromatic carbocycles. The molecule has 5 nitrogen and oxygen atoms in total. The summed E-state index contributed by atoms with van der Waals surface area (Å²) in [7, 11) is -1.34. The van der Waals surface area contributed by atoms with Gasteiger partial charge in [0.25, 0.3) is 0 Å². The first-order valence-electron chi connectivity index (χ1n) is 7.87. The Morgan fingerprint density at radius 1 is 0.800 bits per heavy atom. The largest absolute Gasteiger partial charge is 0.504 e. The molecule has 0 radical (unpaired) electrons. The van der Waals surface area contributed by atoms with Crippen molar-refractivity contribution >= 4 is 18.6 Å². The third-order valence-electron chi connectivity index (χ3n) is 4.11. The number of aryl methyl sites for hydroxylation is 1. The zero-order valence-corrected chi connectivity index (χ0v) is 16.8. The van der Waals surface area contributed by atoms with Crippen LogP contribution in [-0.4, -0.2) is 38.6 Å². The van der Waals surface area contributed by atoms with Crippen LogP contribution in [0.4, 0.5) is 0 Å². The highest BCUT2D eigenvalue weighted by molar-refractivity contribution is 7.90. The monoisotopic (exact) mass is 380 g/mol. The maximum Gasteiger partial charge on any atom is 0.504 e. The molecular weight excluding hydrogens is 356 g/mol. The van der Waals surface area contributed by atoms with Crippen molar-refractivity contribution in [3.8, 4) is 0 Å². The van der Waals surface area contributed by atoms with Gasteiger partial charge in [-0.25, -0.2) is 8.42 Å². The van der Waals surface area contributed by atoms with Crippen LogP contribution in [0.1, 0.15) is 16.7 Å². The predicted molar refractivity (Wildman–Crippen MR) is 99.0 cm³/mol. The van der Waals surface area contributed by atoms with E-state index in [0.29, 0.717) is 10.9 Å². The van der Waals surface area contributed by atoms with Crippen LogP contribution >= 0.6 is 0 Å². The standard InChI is InChI=1S/C18H24O5SSi/c1-15-5-11-18(12-6-15)24(19,20)13-16-7-9-17(10-8-16)14-25(21-2,22-3)23-4/h5-12H,13-14H2,1-4H3. The Kier molecular flexibility index (Phi) is 6.53. The lowest BCUT2D eigenvalue weighted by Gasteiger charge is -2.24. The normalized spacial score (nSPS) is 12.3. The molecule has 0 unspecified atom stereocenters. The average molecular weight is 381 g/mol. The van der Waals surface area contributed by atoms with E-state index in [2.05, 4.69) is 0 Å². The number of hydrogen-bond donors (Lipinski definition) is 0. The van der Waals surface area contributed by atoms with Gasteiger partial charge in [-0.2, -0.15) is 0 Å². The molecule has 0 saturated heterocycles. The van der Waals surface area contributed by atoms with E-state index >= 15 is 0 Å². The Bertz CT molecular complexity index is 773. The molecule has 0 bridgehead atoms. The maximum atomic E-state index is 12.5. The average Bonchev–Trinajstić information content (AvgIpc) is 2.61. The van der Waals surface area contributed by atoms with Gasteiger partial charge in [0.15, 0.2) is 9.84 Å². The third kappa shape index (κ3) is 4.99. The topological polar surface area (TPSA) is 61.8 Å². The van der Waals surface area contributed by atoms with Crippen molar-refractivity contribution < 1.29 is 21.7 Å². The van der Waals surface area contributed by atoms with Crippen LogP contribution in [0.25, 0.3) is 0 Å². The highest BCUT2D eigenvalue weighted by atomic mass is 32.2. The van der Waals surface area contributed by atoms with E-state index in [1.54, 1.807) is 45.6 Å². The first-order valence-corrected chi connectivity index (χ1v) is 11.5. The van der Waals surface area contributed by atoms with E-state index in [1.807, 2.05) is 31.2 Å². The molecule has 0 spiro atoms. The molecule has 2 rings (SSSR count). The first-order chi connectivity index (χ1) is 11.8.